The Hall–Kier alpha value is -3.47. The molecule has 0 saturated carbocycles. The van der Waals surface area contributed by atoms with Crippen LogP contribution in [0.2, 0.25) is 5.02 Å². The molecule has 14 heteroatoms. The van der Waals surface area contributed by atoms with Crippen molar-refractivity contribution in [3.63, 3.8) is 0 Å². The third-order valence-corrected chi connectivity index (χ3v) is 8.43. The number of aliphatic carboxylic acids is 1. The Bertz CT molecular complexity index is 1540. The summed E-state index contributed by atoms with van der Waals surface area (Å²) in [5, 5.41) is 18.4. The SMILES string of the molecule is N#Cc1cc(C(F)(F)F)ncc1-c1cc(S(=O)(=O)N2CCSc3ccccc32)c(OCC(=O)O)cc1Cl. The monoisotopic (exact) mass is 569 g/mol. The number of aromatic nitrogens is 1. The number of thioether (sulfide) groups is 1. The van der Waals surface area contributed by atoms with Crippen molar-refractivity contribution < 1.29 is 36.2 Å². The van der Waals surface area contributed by atoms with Gasteiger partial charge in [-0.25, -0.2) is 13.2 Å². The maximum absolute atomic E-state index is 13.9. The van der Waals surface area contributed by atoms with Gasteiger partial charge < -0.3 is 9.84 Å². The third-order valence-electron chi connectivity index (χ3n) is 5.24. The highest BCUT2D eigenvalue weighted by Gasteiger charge is 2.35. The van der Waals surface area contributed by atoms with E-state index < -0.39 is 44.9 Å². The average molecular weight is 570 g/mol. The lowest BCUT2D eigenvalue weighted by atomic mass is 10.0. The molecule has 1 aromatic heterocycles. The average Bonchev–Trinajstić information content (AvgIpc) is 2.86. The van der Waals surface area contributed by atoms with Gasteiger partial charge in [-0.3, -0.25) is 9.29 Å². The smallest absolute Gasteiger partial charge is 0.433 e. The van der Waals surface area contributed by atoms with E-state index in [2.05, 4.69) is 4.98 Å². The second kappa shape index (κ2) is 10.1. The number of halogens is 4. The van der Waals surface area contributed by atoms with E-state index in [-0.39, 0.29) is 28.4 Å². The van der Waals surface area contributed by atoms with E-state index >= 15 is 0 Å². The molecule has 1 aliphatic rings. The Labute approximate surface area is 218 Å². The zero-order chi connectivity index (χ0) is 27.0. The Kier molecular flexibility index (Phi) is 7.27. The van der Waals surface area contributed by atoms with Gasteiger partial charge in [-0.15, -0.1) is 11.8 Å². The first-order valence-electron chi connectivity index (χ1n) is 10.3. The maximum Gasteiger partial charge on any atom is 0.433 e. The van der Waals surface area contributed by atoms with E-state index in [9.17, 15) is 31.6 Å². The lowest BCUT2D eigenvalue weighted by Crippen LogP contribution is -2.35. The zero-order valence-electron chi connectivity index (χ0n) is 18.5. The first kappa shape index (κ1) is 26.6. The summed E-state index contributed by atoms with van der Waals surface area (Å²) in [5.41, 5.74) is -1.59. The Morgan fingerprint density at radius 1 is 1.24 bits per heavy atom. The minimum Gasteiger partial charge on any atom is -0.480 e. The van der Waals surface area contributed by atoms with Crippen molar-refractivity contribution in [2.75, 3.05) is 23.2 Å². The van der Waals surface area contributed by atoms with Crippen molar-refractivity contribution in [1.29, 1.82) is 5.26 Å². The van der Waals surface area contributed by atoms with E-state index in [0.717, 1.165) is 22.6 Å². The van der Waals surface area contributed by atoms with Crippen LogP contribution < -0.4 is 9.04 Å². The number of para-hydroxylation sites is 1. The molecule has 0 amide bonds. The van der Waals surface area contributed by atoms with Crippen LogP contribution in [0.4, 0.5) is 18.9 Å². The second-order valence-electron chi connectivity index (χ2n) is 7.58. The minimum absolute atomic E-state index is 0.0889. The number of hydrogen-bond acceptors (Lipinski definition) is 7. The molecule has 1 aliphatic heterocycles. The van der Waals surface area contributed by atoms with E-state index in [1.54, 1.807) is 30.3 Å². The molecule has 0 bridgehead atoms. The van der Waals surface area contributed by atoms with Gasteiger partial charge in [0.05, 0.1) is 22.3 Å². The summed E-state index contributed by atoms with van der Waals surface area (Å²) in [6, 6.07) is 11.1. The summed E-state index contributed by atoms with van der Waals surface area (Å²) >= 11 is 7.79. The molecule has 1 N–H and O–H groups in total. The van der Waals surface area contributed by atoms with Crippen LogP contribution in [0.15, 0.2) is 58.5 Å². The van der Waals surface area contributed by atoms with Crippen molar-refractivity contribution in [2.24, 2.45) is 0 Å². The quantitative estimate of drug-likeness (QED) is 0.437. The van der Waals surface area contributed by atoms with Gasteiger partial charge in [-0.1, -0.05) is 23.7 Å². The van der Waals surface area contributed by atoms with Crippen molar-refractivity contribution in [2.45, 2.75) is 16.0 Å². The molecular weight excluding hydrogens is 555 g/mol. The number of sulfonamides is 1. The van der Waals surface area contributed by atoms with Crippen LogP contribution in [0.25, 0.3) is 11.1 Å². The molecule has 0 aliphatic carbocycles. The Morgan fingerprint density at radius 3 is 2.65 bits per heavy atom. The van der Waals surface area contributed by atoms with Gasteiger partial charge in [-0.2, -0.15) is 18.4 Å². The summed E-state index contributed by atoms with van der Waals surface area (Å²) in [5.74, 6) is -1.31. The van der Waals surface area contributed by atoms with Gasteiger partial charge in [0.15, 0.2) is 6.61 Å². The normalized spacial score (nSPS) is 13.5. The lowest BCUT2D eigenvalue weighted by Gasteiger charge is -2.30. The molecule has 0 unspecified atom stereocenters. The van der Waals surface area contributed by atoms with E-state index in [1.165, 1.54) is 11.8 Å². The molecule has 0 radical (unpaired) electrons. The summed E-state index contributed by atoms with van der Waals surface area (Å²) in [6.45, 7) is -0.790. The number of rotatable bonds is 6. The standard InChI is InChI=1S/C23H15ClF3N3O5S2/c24-16-9-18(35-12-22(31)32)20(37(33,34)30-5-6-36-19-4-2-1-3-17(19)30)8-14(16)15-11-29-21(23(25,26)27)7-13(15)10-28/h1-4,7-9,11H,5-6,12H2,(H,31,32). The van der Waals surface area contributed by atoms with Gasteiger partial charge in [0, 0.05) is 40.6 Å². The topological polar surface area (TPSA) is 121 Å². The number of anilines is 1. The van der Waals surface area contributed by atoms with Crippen LogP contribution >= 0.6 is 23.4 Å². The predicted octanol–water partition coefficient (Wildman–Crippen LogP) is 5.06. The summed E-state index contributed by atoms with van der Waals surface area (Å²) in [6.07, 6.45) is -4.03. The molecular formula is C23H15ClF3N3O5S2. The van der Waals surface area contributed by atoms with E-state index in [1.807, 2.05) is 0 Å². The molecule has 0 spiro atoms. The fraction of sp³-hybridized carbons (Fsp3) is 0.174. The lowest BCUT2D eigenvalue weighted by molar-refractivity contribution is -0.141. The number of fused-ring (bicyclic) bond motifs is 1. The molecule has 4 rings (SSSR count). The van der Waals surface area contributed by atoms with Crippen molar-refractivity contribution in [1.82, 2.24) is 4.98 Å². The van der Waals surface area contributed by atoms with Gasteiger partial charge in [0.2, 0.25) is 0 Å². The van der Waals surface area contributed by atoms with Crippen molar-refractivity contribution in [3.8, 4) is 22.9 Å². The number of carboxylic acids is 1. The summed E-state index contributed by atoms with van der Waals surface area (Å²) in [7, 11) is -4.39. The zero-order valence-corrected chi connectivity index (χ0v) is 20.9. The van der Waals surface area contributed by atoms with Gasteiger partial charge in [0.1, 0.15) is 16.3 Å². The van der Waals surface area contributed by atoms with Crippen LogP contribution in [0.1, 0.15) is 11.3 Å². The number of carboxylic acid groups (broad SMARTS) is 1. The molecule has 0 atom stereocenters. The van der Waals surface area contributed by atoms with Crippen LogP contribution in [0.3, 0.4) is 0 Å². The molecule has 2 heterocycles. The van der Waals surface area contributed by atoms with Crippen LogP contribution in [0, 0.1) is 11.3 Å². The number of nitriles is 1. The maximum atomic E-state index is 13.9. The number of carbonyl (C=O) groups is 1. The van der Waals surface area contributed by atoms with E-state index in [0.29, 0.717) is 22.4 Å². The fourth-order valence-corrected chi connectivity index (χ4v) is 6.68. The predicted molar refractivity (Wildman–Crippen MR) is 129 cm³/mol. The largest absolute Gasteiger partial charge is 0.480 e. The molecule has 3 aromatic rings. The van der Waals surface area contributed by atoms with Gasteiger partial charge in [0.25, 0.3) is 10.0 Å². The first-order valence-corrected chi connectivity index (χ1v) is 13.1. The summed E-state index contributed by atoms with van der Waals surface area (Å²) in [4.78, 5) is 14.7. The van der Waals surface area contributed by atoms with Crippen LogP contribution in [0.5, 0.6) is 5.75 Å². The van der Waals surface area contributed by atoms with Crippen molar-refractivity contribution in [3.05, 3.63) is 64.9 Å². The summed E-state index contributed by atoms with van der Waals surface area (Å²) < 4.78 is 73.5. The molecule has 192 valence electrons. The first-order chi connectivity index (χ1) is 17.4. The number of benzene rings is 2. The molecule has 8 nitrogen and oxygen atoms in total. The molecule has 2 aromatic carbocycles. The number of ether oxygens (including phenoxy) is 1. The van der Waals surface area contributed by atoms with Crippen LogP contribution in [-0.4, -0.2) is 43.4 Å². The Morgan fingerprint density at radius 2 is 1.97 bits per heavy atom. The molecule has 0 saturated heterocycles. The number of hydrogen-bond donors (Lipinski definition) is 1. The van der Waals surface area contributed by atoms with Crippen molar-refractivity contribution >= 4 is 45.0 Å². The Balaban J connectivity index is 1.92. The third kappa shape index (κ3) is 5.31. The highest BCUT2D eigenvalue weighted by Crippen LogP contribution is 2.43. The second-order valence-corrected chi connectivity index (χ2v) is 11.0. The minimum atomic E-state index is -4.81. The molecule has 37 heavy (non-hydrogen) atoms. The van der Waals surface area contributed by atoms with Gasteiger partial charge >= 0.3 is 12.1 Å². The molecule has 0 fully saturated rings. The number of alkyl halides is 3. The number of pyridine rings is 1. The van der Waals surface area contributed by atoms with E-state index in [4.69, 9.17) is 21.4 Å². The number of nitrogens with zero attached hydrogens (tertiary/aromatic N) is 3. The van der Waals surface area contributed by atoms with Crippen LogP contribution in [-0.2, 0) is 21.0 Å². The highest BCUT2D eigenvalue weighted by molar-refractivity contribution is 8.00. The fourth-order valence-electron chi connectivity index (χ4n) is 3.63. The highest BCUT2D eigenvalue weighted by atomic mass is 35.5. The van der Waals surface area contributed by atoms with Gasteiger partial charge in [-0.05, 0) is 24.3 Å².